The van der Waals surface area contributed by atoms with Gasteiger partial charge in [0, 0.05) is 18.5 Å². The van der Waals surface area contributed by atoms with Crippen molar-refractivity contribution in [3.8, 4) is 0 Å². The molecule has 0 spiro atoms. The Hall–Kier alpha value is -1.58. The summed E-state index contributed by atoms with van der Waals surface area (Å²) in [4.78, 5) is 22.1. The maximum Gasteiger partial charge on any atom is 0.333 e. The van der Waals surface area contributed by atoms with E-state index in [4.69, 9.17) is 4.74 Å². The molecule has 0 aromatic rings. The highest BCUT2D eigenvalue weighted by Gasteiger charge is 2.01. The second kappa shape index (κ2) is 10.6. The van der Waals surface area contributed by atoms with Crippen molar-refractivity contribution in [1.29, 1.82) is 0 Å². The predicted molar refractivity (Wildman–Crippen MR) is 72.1 cm³/mol. The van der Waals surface area contributed by atoms with Gasteiger partial charge in [0.25, 0.3) is 0 Å². The number of rotatable bonds is 10. The molecule has 0 rings (SSSR count). The molecule has 0 heterocycles. The van der Waals surface area contributed by atoms with Crippen molar-refractivity contribution in [1.82, 2.24) is 5.32 Å². The zero-order valence-electron chi connectivity index (χ0n) is 11.2. The number of unbranched alkanes of at least 4 members (excludes halogenated alkanes) is 3. The van der Waals surface area contributed by atoms with Crippen LogP contribution in [0.4, 0.5) is 0 Å². The summed E-state index contributed by atoms with van der Waals surface area (Å²) >= 11 is 0. The number of nitrogens with one attached hydrogen (secondary N) is 1. The van der Waals surface area contributed by atoms with Crippen molar-refractivity contribution in [2.24, 2.45) is 0 Å². The van der Waals surface area contributed by atoms with Crippen molar-refractivity contribution < 1.29 is 14.3 Å². The topological polar surface area (TPSA) is 55.4 Å². The van der Waals surface area contributed by atoms with Crippen LogP contribution in [0.25, 0.3) is 0 Å². The van der Waals surface area contributed by atoms with Gasteiger partial charge < -0.3 is 10.1 Å². The standard InChI is InChI=1S/C14H23NO3/c1-4-9-13(16)15-10-7-5-6-8-11-18-14(17)12(2)3/h4H,1-2,5-11H2,3H3,(H,15,16). The summed E-state index contributed by atoms with van der Waals surface area (Å²) in [5, 5.41) is 2.80. The first kappa shape index (κ1) is 16.4. The zero-order chi connectivity index (χ0) is 13.8. The van der Waals surface area contributed by atoms with E-state index in [0.29, 0.717) is 25.1 Å². The fourth-order valence-electron chi connectivity index (χ4n) is 1.30. The molecule has 4 nitrogen and oxygen atoms in total. The molecule has 0 fully saturated rings. The third-order valence-electron chi connectivity index (χ3n) is 2.30. The third-order valence-corrected chi connectivity index (χ3v) is 2.30. The van der Waals surface area contributed by atoms with E-state index in [9.17, 15) is 9.59 Å². The highest BCUT2D eigenvalue weighted by atomic mass is 16.5. The van der Waals surface area contributed by atoms with Crippen molar-refractivity contribution >= 4 is 11.9 Å². The number of amides is 1. The molecule has 0 aromatic heterocycles. The van der Waals surface area contributed by atoms with Crippen LogP contribution in [0.15, 0.2) is 24.8 Å². The smallest absolute Gasteiger partial charge is 0.333 e. The maximum absolute atomic E-state index is 11.1. The first-order valence-corrected chi connectivity index (χ1v) is 6.28. The van der Waals surface area contributed by atoms with Crippen LogP contribution in [-0.4, -0.2) is 25.0 Å². The van der Waals surface area contributed by atoms with Gasteiger partial charge in [0.1, 0.15) is 0 Å². The Morgan fingerprint density at radius 2 is 1.89 bits per heavy atom. The van der Waals surface area contributed by atoms with Gasteiger partial charge in [-0.25, -0.2) is 4.79 Å². The fourth-order valence-corrected chi connectivity index (χ4v) is 1.30. The Morgan fingerprint density at radius 3 is 2.50 bits per heavy atom. The Kier molecular flexibility index (Phi) is 9.64. The molecule has 1 amide bonds. The molecule has 0 unspecified atom stereocenters. The lowest BCUT2D eigenvalue weighted by Gasteiger charge is -2.05. The van der Waals surface area contributed by atoms with E-state index in [-0.39, 0.29) is 11.9 Å². The molecule has 0 radical (unpaired) electrons. The number of esters is 1. The largest absolute Gasteiger partial charge is 0.462 e. The molecular formula is C14H23NO3. The van der Waals surface area contributed by atoms with E-state index in [2.05, 4.69) is 18.5 Å². The summed E-state index contributed by atoms with van der Waals surface area (Å²) in [6, 6.07) is 0. The van der Waals surface area contributed by atoms with Crippen LogP contribution in [0.1, 0.15) is 39.0 Å². The molecule has 102 valence electrons. The van der Waals surface area contributed by atoms with E-state index in [1.807, 2.05) is 0 Å². The normalized spacial score (nSPS) is 9.61. The third kappa shape index (κ3) is 9.63. The molecule has 4 heteroatoms. The summed E-state index contributed by atoms with van der Waals surface area (Å²) < 4.78 is 4.96. The molecule has 18 heavy (non-hydrogen) atoms. The zero-order valence-corrected chi connectivity index (χ0v) is 11.2. The Bertz CT molecular complexity index is 297. The van der Waals surface area contributed by atoms with Crippen LogP contribution >= 0.6 is 0 Å². The van der Waals surface area contributed by atoms with Gasteiger partial charge in [-0.1, -0.05) is 19.1 Å². The minimum absolute atomic E-state index is 0.0142. The van der Waals surface area contributed by atoms with Gasteiger partial charge in [-0.15, -0.1) is 6.58 Å². The van der Waals surface area contributed by atoms with Crippen molar-refractivity contribution in [2.75, 3.05) is 13.2 Å². The SMILES string of the molecule is C=CCC(=O)NCCCCCCOC(=O)C(=C)C. The number of hydrogen-bond acceptors (Lipinski definition) is 3. The molecule has 1 N–H and O–H groups in total. The first-order chi connectivity index (χ1) is 8.57. The van der Waals surface area contributed by atoms with Crippen LogP contribution < -0.4 is 5.32 Å². The molecular weight excluding hydrogens is 230 g/mol. The minimum atomic E-state index is -0.327. The average molecular weight is 253 g/mol. The first-order valence-electron chi connectivity index (χ1n) is 6.28. The molecule has 0 aliphatic heterocycles. The quantitative estimate of drug-likeness (QED) is 0.281. The molecule has 0 atom stereocenters. The van der Waals surface area contributed by atoms with E-state index < -0.39 is 0 Å². The van der Waals surface area contributed by atoms with Crippen LogP contribution in [-0.2, 0) is 14.3 Å². The van der Waals surface area contributed by atoms with Gasteiger partial charge in [-0.3, -0.25) is 4.79 Å². The summed E-state index contributed by atoms with van der Waals surface area (Å²) in [5.74, 6) is -0.313. The second-order valence-electron chi connectivity index (χ2n) is 4.17. The monoisotopic (exact) mass is 253 g/mol. The van der Waals surface area contributed by atoms with Gasteiger partial charge in [0.2, 0.25) is 5.91 Å². The lowest BCUT2D eigenvalue weighted by molar-refractivity contribution is -0.139. The highest BCUT2D eigenvalue weighted by molar-refractivity contribution is 5.86. The summed E-state index contributed by atoms with van der Waals surface area (Å²) in [7, 11) is 0. The van der Waals surface area contributed by atoms with Crippen molar-refractivity contribution in [2.45, 2.75) is 39.0 Å². The Morgan fingerprint density at radius 1 is 1.22 bits per heavy atom. The van der Waals surface area contributed by atoms with E-state index in [1.165, 1.54) is 0 Å². The van der Waals surface area contributed by atoms with Crippen LogP contribution in [0, 0.1) is 0 Å². The highest BCUT2D eigenvalue weighted by Crippen LogP contribution is 2.01. The molecule has 0 aliphatic rings. The van der Waals surface area contributed by atoms with Crippen LogP contribution in [0.5, 0.6) is 0 Å². The molecule has 0 saturated heterocycles. The number of ether oxygens (including phenoxy) is 1. The lowest BCUT2D eigenvalue weighted by atomic mass is 10.2. The molecule has 0 aliphatic carbocycles. The van der Waals surface area contributed by atoms with Crippen LogP contribution in [0.3, 0.4) is 0 Å². The predicted octanol–water partition coefficient (Wildman–Crippen LogP) is 2.36. The number of hydrogen-bond donors (Lipinski definition) is 1. The van der Waals surface area contributed by atoms with E-state index in [1.54, 1.807) is 13.0 Å². The lowest BCUT2D eigenvalue weighted by Crippen LogP contribution is -2.23. The van der Waals surface area contributed by atoms with Crippen LogP contribution in [0.2, 0.25) is 0 Å². The van der Waals surface area contributed by atoms with Crippen molar-refractivity contribution in [3.05, 3.63) is 24.8 Å². The fraction of sp³-hybridized carbons (Fsp3) is 0.571. The van der Waals surface area contributed by atoms with Gasteiger partial charge in [-0.05, 0) is 26.2 Å². The maximum atomic E-state index is 11.1. The molecule has 0 saturated carbocycles. The minimum Gasteiger partial charge on any atom is -0.462 e. The van der Waals surface area contributed by atoms with Gasteiger partial charge in [-0.2, -0.15) is 0 Å². The summed E-state index contributed by atoms with van der Waals surface area (Å²) in [5.41, 5.74) is 0.430. The van der Waals surface area contributed by atoms with Crippen molar-refractivity contribution in [3.63, 3.8) is 0 Å². The Labute approximate surface area is 109 Å². The van der Waals surface area contributed by atoms with Gasteiger partial charge in [0.15, 0.2) is 0 Å². The van der Waals surface area contributed by atoms with Gasteiger partial charge in [0.05, 0.1) is 6.61 Å². The number of carbonyl (C=O) groups excluding carboxylic acids is 2. The van der Waals surface area contributed by atoms with E-state index in [0.717, 1.165) is 25.7 Å². The second-order valence-corrected chi connectivity index (χ2v) is 4.17. The van der Waals surface area contributed by atoms with E-state index >= 15 is 0 Å². The average Bonchev–Trinajstić information content (AvgIpc) is 2.32. The summed E-state index contributed by atoms with van der Waals surface area (Å²) in [6.45, 7) is 9.77. The number of carbonyl (C=O) groups is 2. The summed E-state index contributed by atoms with van der Waals surface area (Å²) in [6.07, 6.45) is 5.75. The Balaban J connectivity index is 3.26. The molecule has 0 bridgehead atoms. The molecule has 0 aromatic carbocycles. The van der Waals surface area contributed by atoms with Gasteiger partial charge >= 0.3 is 5.97 Å².